The molecule has 2 aliphatic heterocycles. The highest BCUT2D eigenvalue weighted by Crippen LogP contribution is 2.34. The van der Waals surface area contributed by atoms with Gasteiger partial charge in [-0.05, 0) is 35.8 Å². The van der Waals surface area contributed by atoms with Crippen molar-refractivity contribution in [3.63, 3.8) is 0 Å². The van der Waals surface area contributed by atoms with E-state index in [4.69, 9.17) is 18.9 Å². The Morgan fingerprint density at radius 1 is 0.793 bits per heavy atom. The molecule has 2 atom stereocenters. The summed E-state index contributed by atoms with van der Waals surface area (Å²) in [5.41, 5.74) is 0. The monoisotopic (exact) mass is 446 g/mol. The zero-order chi connectivity index (χ0) is 19.5. The molecule has 0 aliphatic carbocycles. The molecule has 5 rings (SSSR count). The molecule has 0 bridgehead atoms. The summed E-state index contributed by atoms with van der Waals surface area (Å²) in [6, 6.07) is 15.5. The molecule has 1 aromatic heterocycles. The van der Waals surface area contributed by atoms with E-state index in [0.717, 1.165) is 44.0 Å². The minimum absolute atomic E-state index is 0.00255. The minimum atomic E-state index is -0.0117. The number of thioether (sulfide) groups is 2. The Kier molecular flexibility index (Phi) is 5.69. The molecule has 9 heteroatoms. The van der Waals surface area contributed by atoms with Gasteiger partial charge in [0.05, 0.1) is 0 Å². The summed E-state index contributed by atoms with van der Waals surface area (Å²) in [7, 11) is 0. The second kappa shape index (κ2) is 8.73. The molecule has 0 amide bonds. The van der Waals surface area contributed by atoms with Crippen molar-refractivity contribution >= 4 is 35.1 Å². The van der Waals surface area contributed by atoms with Gasteiger partial charge in [-0.2, -0.15) is 4.37 Å². The summed E-state index contributed by atoms with van der Waals surface area (Å²) >= 11 is 4.65. The van der Waals surface area contributed by atoms with Gasteiger partial charge in [0.25, 0.3) is 0 Å². The van der Waals surface area contributed by atoms with Gasteiger partial charge in [0.2, 0.25) is 5.16 Å². The molecule has 2 aliphatic rings. The van der Waals surface area contributed by atoms with E-state index in [0.29, 0.717) is 13.2 Å². The van der Waals surface area contributed by atoms with Crippen LogP contribution in [0.3, 0.4) is 0 Å². The molecule has 3 heterocycles. The first-order valence-electron chi connectivity index (χ1n) is 9.20. The van der Waals surface area contributed by atoms with Gasteiger partial charge in [-0.15, -0.1) is 0 Å². The van der Waals surface area contributed by atoms with Crippen LogP contribution >= 0.6 is 35.1 Å². The Bertz CT molecular complexity index is 908. The van der Waals surface area contributed by atoms with Crippen LogP contribution in [0.1, 0.15) is 0 Å². The fraction of sp³-hybridized carbons (Fsp3) is 0.300. The Labute approximate surface area is 181 Å². The molecule has 0 fully saturated rings. The lowest BCUT2D eigenvalue weighted by atomic mass is 10.3. The fourth-order valence-corrected chi connectivity index (χ4v) is 5.52. The number of ether oxygens (including phenoxy) is 4. The van der Waals surface area contributed by atoms with Crippen LogP contribution in [-0.2, 0) is 0 Å². The van der Waals surface area contributed by atoms with Gasteiger partial charge in [-0.1, -0.05) is 47.8 Å². The molecular formula is C20H18N2O4S3. The predicted molar refractivity (Wildman–Crippen MR) is 114 cm³/mol. The van der Waals surface area contributed by atoms with E-state index < -0.39 is 0 Å². The van der Waals surface area contributed by atoms with E-state index >= 15 is 0 Å². The fourth-order valence-electron chi connectivity index (χ4n) is 2.94. The molecule has 0 radical (unpaired) electrons. The molecule has 0 N–H and O–H groups in total. The molecule has 6 nitrogen and oxygen atoms in total. The maximum absolute atomic E-state index is 5.99. The van der Waals surface area contributed by atoms with Gasteiger partial charge in [0.1, 0.15) is 25.4 Å². The lowest BCUT2D eigenvalue weighted by Gasteiger charge is -2.25. The first kappa shape index (κ1) is 18.9. The number of hydrogen-bond acceptors (Lipinski definition) is 9. The van der Waals surface area contributed by atoms with Crippen molar-refractivity contribution < 1.29 is 18.9 Å². The lowest BCUT2D eigenvalue weighted by Crippen LogP contribution is -2.31. The SMILES string of the molecule is c1ccc2c(c1)OCC(CSc1nsc(SCC3COc4ccccc4O3)n1)O2. The average molecular weight is 447 g/mol. The summed E-state index contributed by atoms with van der Waals surface area (Å²) in [5.74, 6) is 4.71. The highest BCUT2D eigenvalue weighted by atomic mass is 32.2. The van der Waals surface area contributed by atoms with Crippen LogP contribution in [0.2, 0.25) is 0 Å². The van der Waals surface area contributed by atoms with Crippen molar-refractivity contribution in [3.05, 3.63) is 48.5 Å². The lowest BCUT2D eigenvalue weighted by molar-refractivity contribution is 0.107. The van der Waals surface area contributed by atoms with Crippen molar-refractivity contribution in [2.45, 2.75) is 21.7 Å². The zero-order valence-corrected chi connectivity index (χ0v) is 17.8. The number of hydrogen-bond donors (Lipinski definition) is 0. The normalized spacial score (nSPS) is 19.7. The third-order valence-corrected chi connectivity index (χ3v) is 7.38. The summed E-state index contributed by atoms with van der Waals surface area (Å²) in [4.78, 5) is 4.61. The van der Waals surface area contributed by atoms with Crippen molar-refractivity contribution in [2.24, 2.45) is 0 Å². The number of aromatic nitrogens is 2. The van der Waals surface area contributed by atoms with Crippen LogP contribution in [0.4, 0.5) is 0 Å². The Morgan fingerprint density at radius 2 is 1.34 bits per heavy atom. The minimum Gasteiger partial charge on any atom is -0.486 e. The predicted octanol–water partition coefficient (Wildman–Crippen LogP) is 4.40. The van der Waals surface area contributed by atoms with Gasteiger partial charge < -0.3 is 18.9 Å². The second-order valence-corrected chi connectivity index (χ2v) is 9.47. The van der Waals surface area contributed by atoms with E-state index in [1.54, 1.807) is 23.5 Å². The van der Waals surface area contributed by atoms with Gasteiger partial charge in [0.15, 0.2) is 27.3 Å². The largest absolute Gasteiger partial charge is 0.486 e. The van der Waals surface area contributed by atoms with Gasteiger partial charge in [0, 0.05) is 11.5 Å². The third kappa shape index (κ3) is 4.57. The Hall–Kier alpha value is -2.10. The molecule has 2 aromatic carbocycles. The molecular weight excluding hydrogens is 428 g/mol. The van der Waals surface area contributed by atoms with Crippen molar-refractivity contribution in [1.82, 2.24) is 9.36 Å². The van der Waals surface area contributed by atoms with Gasteiger partial charge >= 0.3 is 0 Å². The van der Waals surface area contributed by atoms with Crippen LogP contribution in [0, 0.1) is 0 Å². The number of benzene rings is 2. The maximum Gasteiger partial charge on any atom is 0.201 e. The zero-order valence-electron chi connectivity index (χ0n) is 15.4. The summed E-state index contributed by atoms with van der Waals surface area (Å²) in [5, 5.41) is 0.770. The smallest absolute Gasteiger partial charge is 0.201 e. The van der Waals surface area contributed by atoms with E-state index in [1.807, 2.05) is 48.5 Å². The molecule has 0 spiro atoms. The summed E-state index contributed by atoms with van der Waals surface area (Å²) < 4.78 is 28.9. The topological polar surface area (TPSA) is 62.7 Å². The summed E-state index contributed by atoms with van der Waals surface area (Å²) in [6.45, 7) is 1.08. The Morgan fingerprint density at radius 3 is 1.97 bits per heavy atom. The average Bonchev–Trinajstić information content (AvgIpc) is 3.24. The van der Waals surface area contributed by atoms with Crippen LogP contribution in [-0.4, -0.2) is 46.3 Å². The molecule has 0 saturated carbocycles. The van der Waals surface area contributed by atoms with Crippen LogP contribution in [0.25, 0.3) is 0 Å². The van der Waals surface area contributed by atoms with Gasteiger partial charge in [-0.25, -0.2) is 4.98 Å². The van der Waals surface area contributed by atoms with Crippen LogP contribution in [0.15, 0.2) is 58.0 Å². The first-order valence-corrected chi connectivity index (χ1v) is 11.9. The molecule has 2 unspecified atom stereocenters. The van der Waals surface area contributed by atoms with Crippen molar-refractivity contribution in [3.8, 4) is 23.0 Å². The van der Waals surface area contributed by atoms with Crippen LogP contribution in [0.5, 0.6) is 23.0 Å². The molecule has 3 aromatic rings. The number of fused-ring (bicyclic) bond motifs is 2. The van der Waals surface area contributed by atoms with Gasteiger partial charge in [-0.3, -0.25) is 0 Å². The quantitative estimate of drug-likeness (QED) is 0.516. The second-order valence-electron chi connectivity index (χ2n) is 6.46. The van der Waals surface area contributed by atoms with E-state index in [9.17, 15) is 0 Å². The number of nitrogens with zero attached hydrogens (tertiary/aromatic N) is 2. The molecule has 0 saturated heterocycles. The van der Waals surface area contributed by atoms with Crippen molar-refractivity contribution in [1.29, 1.82) is 0 Å². The number of para-hydroxylation sites is 4. The third-order valence-electron chi connectivity index (χ3n) is 4.31. The van der Waals surface area contributed by atoms with Crippen molar-refractivity contribution in [2.75, 3.05) is 24.7 Å². The Balaban J connectivity index is 1.09. The standard InChI is InChI=1S/C20H18N2O4S3/c1-3-7-17-15(5-1)23-9-13(25-17)11-27-19-21-20(29-22-19)28-12-14-10-24-16-6-2-4-8-18(16)26-14/h1-8,13-14H,9-12H2. The number of rotatable bonds is 6. The molecule has 150 valence electrons. The first-order chi connectivity index (χ1) is 14.3. The van der Waals surface area contributed by atoms with E-state index in [1.165, 1.54) is 11.5 Å². The molecule has 29 heavy (non-hydrogen) atoms. The summed E-state index contributed by atoms with van der Waals surface area (Å²) in [6.07, 6.45) is -0.00915. The van der Waals surface area contributed by atoms with E-state index in [-0.39, 0.29) is 12.2 Å². The maximum atomic E-state index is 5.99. The van der Waals surface area contributed by atoms with E-state index in [2.05, 4.69) is 9.36 Å². The highest BCUT2D eigenvalue weighted by molar-refractivity contribution is 8.01. The highest BCUT2D eigenvalue weighted by Gasteiger charge is 2.23. The van der Waals surface area contributed by atoms with Crippen LogP contribution < -0.4 is 18.9 Å².